The molecular weight excluding hydrogens is 416 g/mol. The fraction of sp³-hybridized carbons (Fsp3) is 0.565. The highest BCUT2D eigenvalue weighted by molar-refractivity contribution is 6.02. The van der Waals surface area contributed by atoms with Crippen LogP contribution in [0, 0.1) is 0 Å². The van der Waals surface area contributed by atoms with Crippen molar-refractivity contribution in [2.45, 2.75) is 58.3 Å². The first-order chi connectivity index (χ1) is 15.1. The van der Waals surface area contributed by atoms with Crippen molar-refractivity contribution in [3.63, 3.8) is 0 Å². The number of hydrogen-bond donors (Lipinski definition) is 0. The Morgan fingerprint density at radius 1 is 1.12 bits per heavy atom. The highest BCUT2D eigenvalue weighted by Gasteiger charge is 2.44. The average Bonchev–Trinajstić information content (AvgIpc) is 3.25. The van der Waals surface area contributed by atoms with E-state index in [2.05, 4.69) is 0 Å². The summed E-state index contributed by atoms with van der Waals surface area (Å²) in [6.07, 6.45) is -0.911. The normalized spacial score (nSPS) is 20.1. The lowest BCUT2D eigenvalue weighted by Gasteiger charge is -2.35. The minimum absolute atomic E-state index is 0.0758. The number of morpholine rings is 1. The zero-order valence-corrected chi connectivity index (χ0v) is 19.0. The monoisotopic (exact) mass is 446 g/mol. The van der Waals surface area contributed by atoms with Gasteiger partial charge in [-0.25, -0.2) is 4.79 Å². The molecule has 0 bridgehead atoms. The molecule has 2 atom stereocenters. The quantitative estimate of drug-likeness (QED) is 0.637. The van der Waals surface area contributed by atoms with Crippen LogP contribution in [0.15, 0.2) is 24.3 Å². The van der Waals surface area contributed by atoms with Crippen LogP contribution in [0.5, 0.6) is 0 Å². The number of esters is 2. The van der Waals surface area contributed by atoms with Crippen molar-refractivity contribution < 1.29 is 33.4 Å². The van der Waals surface area contributed by atoms with Gasteiger partial charge in [0.2, 0.25) is 6.10 Å². The Kier molecular flexibility index (Phi) is 7.18. The van der Waals surface area contributed by atoms with Gasteiger partial charge in [0.15, 0.2) is 6.10 Å². The largest absolute Gasteiger partial charge is 0.457 e. The van der Waals surface area contributed by atoms with E-state index in [1.165, 1.54) is 4.90 Å². The van der Waals surface area contributed by atoms with Crippen molar-refractivity contribution in [1.82, 2.24) is 4.90 Å². The van der Waals surface area contributed by atoms with Crippen LogP contribution in [0.3, 0.4) is 0 Å². The number of hydrogen-bond acceptors (Lipinski definition) is 7. The van der Waals surface area contributed by atoms with Crippen LogP contribution in [-0.2, 0) is 28.6 Å². The summed E-state index contributed by atoms with van der Waals surface area (Å²) < 4.78 is 16.0. The number of nitrogens with zero attached hydrogens (tertiary/aromatic N) is 2. The number of carbonyl (C=O) groups excluding carboxylic acids is 4. The molecule has 1 aromatic carbocycles. The third kappa shape index (κ3) is 5.64. The summed E-state index contributed by atoms with van der Waals surface area (Å²) in [5.41, 5.74) is 0.167. The Balaban J connectivity index is 1.83. The van der Waals surface area contributed by atoms with Crippen LogP contribution in [0.4, 0.5) is 5.69 Å². The van der Waals surface area contributed by atoms with Gasteiger partial charge >= 0.3 is 11.9 Å². The molecule has 2 aliphatic heterocycles. The lowest BCUT2D eigenvalue weighted by atomic mass is 10.1. The summed E-state index contributed by atoms with van der Waals surface area (Å²) in [4.78, 5) is 53.5. The second-order valence-electron chi connectivity index (χ2n) is 8.89. The van der Waals surface area contributed by atoms with E-state index in [1.54, 1.807) is 49.9 Å². The fourth-order valence-corrected chi connectivity index (χ4v) is 3.76. The van der Waals surface area contributed by atoms with E-state index >= 15 is 0 Å². The molecule has 3 rings (SSSR count). The van der Waals surface area contributed by atoms with Crippen molar-refractivity contribution >= 4 is 29.4 Å². The smallest absolute Gasteiger partial charge is 0.351 e. The van der Waals surface area contributed by atoms with Gasteiger partial charge in [-0.2, -0.15) is 0 Å². The molecule has 0 radical (unpaired) electrons. The van der Waals surface area contributed by atoms with Gasteiger partial charge in [-0.1, -0.05) is 6.07 Å². The van der Waals surface area contributed by atoms with Gasteiger partial charge in [-0.15, -0.1) is 0 Å². The standard InChI is InChI=1S/C23H30N2O7/c1-15(26)31-19(22(29)32-23(2,3)4)18-21(28)25(12-13-30-18)17-9-7-8-16(14-17)20(27)24-10-5-6-11-24/h7-9,14,18-19H,5-6,10-13H2,1-4H3/t18-,19-/m1/s1. The van der Waals surface area contributed by atoms with Gasteiger partial charge in [-0.05, 0) is 51.8 Å². The SMILES string of the molecule is CC(=O)O[C@@H](C(=O)OC(C)(C)C)[C@H]1OCCN(c2cccc(C(=O)N3CCCC3)c2)C1=O. The van der Waals surface area contributed by atoms with Crippen molar-refractivity contribution in [2.75, 3.05) is 31.1 Å². The molecule has 32 heavy (non-hydrogen) atoms. The van der Waals surface area contributed by atoms with E-state index in [0.717, 1.165) is 32.9 Å². The topological polar surface area (TPSA) is 102 Å². The number of likely N-dealkylation sites (tertiary alicyclic amines) is 1. The van der Waals surface area contributed by atoms with Gasteiger partial charge in [0.1, 0.15) is 5.60 Å². The molecule has 2 aliphatic rings. The molecule has 9 nitrogen and oxygen atoms in total. The molecule has 0 spiro atoms. The number of amides is 2. The molecule has 174 valence electrons. The van der Waals surface area contributed by atoms with Gasteiger partial charge in [0, 0.05) is 37.8 Å². The highest BCUT2D eigenvalue weighted by Crippen LogP contribution is 2.25. The van der Waals surface area contributed by atoms with Crippen molar-refractivity contribution in [3.8, 4) is 0 Å². The first-order valence-electron chi connectivity index (χ1n) is 10.8. The summed E-state index contributed by atoms with van der Waals surface area (Å²) >= 11 is 0. The zero-order chi connectivity index (χ0) is 23.5. The van der Waals surface area contributed by atoms with Crippen LogP contribution in [0.1, 0.15) is 50.9 Å². The summed E-state index contributed by atoms with van der Waals surface area (Å²) in [5.74, 6) is -2.20. The molecule has 2 amide bonds. The molecule has 0 N–H and O–H groups in total. The zero-order valence-electron chi connectivity index (χ0n) is 19.0. The maximum Gasteiger partial charge on any atom is 0.351 e. The maximum absolute atomic E-state index is 13.3. The van der Waals surface area contributed by atoms with Crippen molar-refractivity contribution in [3.05, 3.63) is 29.8 Å². The predicted octanol–water partition coefficient (Wildman–Crippen LogP) is 1.93. The third-order valence-corrected chi connectivity index (χ3v) is 5.13. The molecule has 2 saturated heterocycles. The van der Waals surface area contributed by atoms with Crippen LogP contribution < -0.4 is 4.90 Å². The minimum Gasteiger partial charge on any atom is -0.457 e. The number of anilines is 1. The van der Waals surface area contributed by atoms with Gasteiger partial charge < -0.3 is 24.0 Å². The summed E-state index contributed by atoms with van der Waals surface area (Å²) in [6, 6.07) is 6.81. The molecular formula is C23H30N2O7. The Labute approximate surface area is 187 Å². The average molecular weight is 447 g/mol. The third-order valence-electron chi connectivity index (χ3n) is 5.13. The Hall–Kier alpha value is -2.94. The van der Waals surface area contributed by atoms with Crippen molar-refractivity contribution in [2.24, 2.45) is 0 Å². The van der Waals surface area contributed by atoms with Gasteiger partial charge in [0.05, 0.1) is 6.61 Å². The Morgan fingerprint density at radius 3 is 2.44 bits per heavy atom. The van der Waals surface area contributed by atoms with Crippen LogP contribution in [-0.4, -0.2) is 72.7 Å². The molecule has 0 saturated carbocycles. The Bertz CT molecular complexity index is 887. The number of rotatable bonds is 5. The number of carbonyl (C=O) groups is 4. The summed E-state index contributed by atoms with van der Waals surface area (Å²) in [7, 11) is 0. The molecule has 0 aromatic heterocycles. The molecule has 2 heterocycles. The lowest BCUT2D eigenvalue weighted by molar-refractivity contribution is -0.188. The molecule has 0 unspecified atom stereocenters. The second kappa shape index (κ2) is 9.68. The Morgan fingerprint density at radius 2 is 1.81 bits per heavy atom. The molecule has 9 heteroatoms. The molecule has 2 fully saturated rings. The van der Waals surface area contributed by atoms with Gasteiger partial charge in [0.25, 0.3) is 11.8 Å². The summed E-state index contributed by atoms with van der Waals surface area (Å²) in [5, 5.41) is 0. The van der Waals surface area contributed by atoms with E-state index in [1.807, 2.05) is 0 Å². The van der Waals surface area contributed by atoms with Crippen LogP contribution in [0.2, 0.25) is 0 Å². The summed E-state index contributed by atoms with van der Waals surface area (Å²) in [6.45, 7) is 7.98. The fourth-order valence-electron chi connectivity index (χ4n) is 3.76. The van der Waals surface area contributed by atoms with E-state index < -0.39 is 35.7 Å². The van der Waals surface area contributed by atoms with E-state index in [4.69, 9.17) is 14.2 Å². The first kappa shape index (κ1) is 23.7. The maximum atomic E-state index is 13.3. The second-order valence-corrected chi connectivity index (χ2v) is 8.89. The lowest BCUT2D eigenvalue weighted by Crippen LogP contribution is -2.56. The van der Waals surface area contributed by atoms with Crippen molar-refractivity contribution in [1.29, 1.82) is 0 Å². The van der Waals surface area contributed by atoms with Crippen LogP contribution in [0.25, 0.3) is 0 Å². The van der Waals surface area contributed by atoms with E-state index in [9.17, 15) is 19.2 Å². The van der Waals surface area contributed by atoms with Gasteiger partial charge in [-0.3, -0.25) is 14.4 Å². The molecule has 0 aliphatic carbocycles. The number of ether oxygens (including phenoxy) is 3. The van der Waals surface area contributed by atoms with E-state index in [0.29, 0.717) is 11.3 Å². The van der Waals surface area contributed by atoms with E-state index in [-0.39, 0.29) is 19.1 Å². The molecule has 1 aromatic rings. The minimum atomic E-state index is -1.53. The first-order valence-corrected chi connectivity index (χ1v) is 10.8. The number of benzene rings is 1. The van der Waals surface area contributed by atoms with Crippen LogP contribution >= 0.6 is 0 Å². The predicted molar refractivity (Wildman–Crippen MR) is 115 cm³/mol. The highest BCUT2D eigenvalue weighted by atomic mass is 16.6.